The molecule has 3 rings (SSSR count). The van der Waals surface area contributed by atoms with E-state index >= 15 is 0 Å². The topological polar surface area (TPSA) is 79.4 Å². The minimum absolute atomic E-state index is 0.0267. The lowest BCUT2D eigenvalue weighted by Gasteiger charge is -2.03. The van der Waals surface area contributed by atoms with Crippen LogP contribution in [-0.4, -0.2) is 28.8 Å². The van der Waals surface area contributed by atoms with E-state index in [9.17, 15) is 14.7 Å². The maximum absolute atomic E-state index is 12.0. The number of aromatic hydroxyl groups is 1. The van der Waals surface area contributed by atoms with E-state index in [1.54, 1.807) is 24.3 Å². The third kappa shape index (κ3) is 4.73. The van der Waals surface area contributed by atoms with E-state index in [2.05, 4.69) is 4.98 Å². The van der Waals surface area contributed by atoms with Gasteiger partial charge in [0.25, 0.3) is 0 Å². The van der Waals surface area contributed by atoms with E-state index in [0.717, 1.165) is 16.5 Å². The van der Waals surface area contributed by atoms with Crippen LogP contribution in [0.15, 0.2) is 60.8 Å². The molecular formula is C22H19NO4. The zero-order valence-corrected chi connectivity index (χ0v) is 14.8. The summed E-state index contributed by atoms with van der Waals surface area (Å²) in [4.78, 5) is 27.1. The Hall–Kier alpha value is -3.60. The highest BCUT2D eigenvalue weighted by Gasteiger charge is 2.05. The Kier molecular flexibility index (Phi) is 5.52. The normalized spacial score (nSPS) is 11.4. The first-order chi connectivity index (χ1) is 13.0. The van der Waals surface area contributed by atoms with Gasteiger partial charge in [0.15, 0.2) is 23.1 Å². The fourth-order valence-corrected chi connectivity index (χ4v) is 2.63. The molecule has 0 saturated heterocycles. The molecule has 0 spiro atoms. The van der Waals surface area contributed by atoms with Crippen LogP contribution in [0.2, 0.25) is 0 Å². The average Bonchev–Trinajstić information content (AvgIpc) is 3.13. The van der Waals surface area contributed by atoms with Crippen LogP contribution in [0.5, 0.6) is 11.5 Å². The van der Waals surface area contributed by atoms with Gasteiger partial charge in [-0.2, -0.15) is 0 Å². The molecule has 0 bridgehead atoms. The van der Waals surface area contributed by atoms with E-state index in [4.69, 9.17) is 4.74 Å². The molecule has 1 heterocycles. The standard InChI is InChI=1S/C22H19NO4/c1-27-22-13-16(5-9-21(22)26)4-8-19(25)14-18(24)7-3-15-2-6-17-10-11-23-20(17)12-15/h2-13,23,26H,14H2,1H3/b7-3+,8-4+. The molecule has 2 aromatic carbocycles. The SMILES string of the molecule is COc1cc(/C=C/C(=O)CC(=O)/C=C/c2ccc3cc[nH]c3c2)ccc1O. The van der Waals surface area contributed by atoms with Crippen LogP contribution in [-0.2, 0) is 9.59 Å². The number of allylic oxidation sites excluding steroid dienone is 2. The van der Waals surface area contributed by atoms with Crippen molar-refractivity contribution in [2.75, 3.05) is 7.11 Å². The molecule has 0 unspecified atom stereocenters. The maximum Gasteiger partial charge on any atom is 0.163 e. The summed E-state index contributed by atoms with van der Waals surface area (Å²) in [6.45, 7) is 0. The Bertz CT molecular complexity index is 1040. The van der Waals surface area contributed by atoms with Crippen LogP contribution in [0.4, 0.5) is 0 Å². The minimum Gasteiger partial charge on any atom is -0.504 e. The zero-order chi connectivity index (χ0) is 19.2. The zero-order valence-electron chi connectivity index (χ0n) is 14.8. The van der Waals surface area contributed by atoms with Crippen molar-refractivity contribution in [2.24, 2.45) is 0 Å². The van der Waals surface area contributed by atoms with Gasteiger partial charge in [0.05, 0.1) is 13.5 Å². The molecule has 2 N–H and O–H groups in total. The Labute approximate surface area is 156 Å². The van der Waals surface area contributed by atoms with Gasteiger partial charge in [0, 0.05) is 11.7 Å². The Morgan fingerprint density at radius 1 is 1.00 bits per heavy atom. The number of hydrogen-bond acceptors (Lipinski definition) is 4. The predicted molar refractivity (Wildman–Crippen MR) is 106 cm³/mol. The molecule has 0 aliphatic heterocycles. The van der Waals surface area contributed by atoms with Crippen molar-refractivity contribution in [1.82, 2.24) is 4.98 Å². The van der Waals surface area contributed by atoms with Crippen LogP contribution in [0.3, 0.4) is 0 Å². The second-order valence-electron chi connectivity index (χ2n) is 6.03. The monoisotopic (exact) mass is 361 g/mol. The minimum atomic E-state index is -0.295. The van der Waals surface area contributed by atoms with Gasteiger partial charge in [-0.25, -0.2) is 0 Å². The second kappa shape index (κ2) is 8.19. The Morgan fingerprint density at radius 2 is 1.67 bits per heavy atom. The smallest absolute Gasteiger partial charge is 0.163 e. The van der Waals surface area contributed by atoms with Gasteiger partial charge in [-0.05, 0) is 52.9 Å². The molecule has 0 radical (unpaired) electrons. The molecule has 0 amide bonds. The summed E-state index contributed by atoms with van der Waals surface area (Å²) in [5.41, 5.74) is 2.57. The number of nitrogens with one attached hydrogen (secondary N) is 1. The van der Waals surface area contributed by atoms with Crippen LogP contribution in [0, 0.1) is 0 Å². The molecule has 27 heavy (non-hydrogen) atoms. The van der Waals surface area contributed by atoms with Crippen molar-refractivity contribution >= 4 is 34.6 Å². The maximum atomic E-state index is 12.0. The van der Waals surface area contributed by atoms with E-state index in [1.807, 2.05) is 30.5 Å². The summed E-state index contributed by atoms with van der Waals surface area (Å²) < 4.78 is 5.02. The molecule has 0 fully saturated rings. The van der Waals surface area contributed by atoms with Crippen LogP contribution in [0.1, 0.15) is 17.5 Å². The fourth-order valence-electron chi connectivity index (χ4n) is 2.63. The van der Waals surface area contributed by atoms with E-state index in [0.29, 0.717) is 11.3 Å². The van der Waals surface area contributed by atoms with Crippen LogP contribution >= 0.6 is 0 Å². The number of rotatable bonds is 7. The van der Waals surface area contributed by atoms with Gasteiger partial charge in [-0.1, -0.05) is 30.4 Å². The number of phenols is 1. The van der Waals surface area contributed by atoms with Crippen LogP contribution in [0.25, 0.3) is 23.1 Å². The lowest BCUT2D eigenvalue weighted by Crippen LogP contribution is -2.01. The third-order valence-corrected chi connectivity index (χ3v) is 4.05. The number of aromatic amines is 1. The second-order valence-corrected chi connectivity index (χ2v) is 6.03. The first kappa shape index (κ1) is 18.2. The summed E-state index contributed by atoms with van der Waals surface area (Å²) >= 11 is 0. The number of ketones is 2. The summed E-state index contributed by atoms with van der Waals surface area (Å²) in [5, 5.41) is 10.7. The molecule has 136 valence electrons. The van der Waals surface area contributed by atoms with Gasteiger partial charge >= 0.3 is 0 Å². The average molecular weight is 361 g/mol. The number of benzene rings is 2. The van der Waals surface area contributed by atoms with E-state index < -0.39 is 0 Å². The van der Waals surface area contributed by atoms with Gasteiger partial charge < -0.3 is 14.8 Å². The van der Waals surface area contributed by atoms with Gasteiger partial charge in [0.2, 0.25) is 0 Å². The highest BCUT2D eigenvalue weighted by atomic mass is 16.5. The van der Waals surface area contributed by atoms with Gasteiger partial charge in [0.1, 0.15) is 0 Å². The number of phenolic OH excluding ortho intramolecular Hbond substituents is 1. The van der Waals surface area contributed by atoms with E-state index in [1.165, 1.54) is 25.3 Å². The van der Waals surface area contributed by atoms with Crippen molar-refractivity contribution < 1.29 is 19.4 Å². The molecule has 5 heteroatoms. The number of methoxy groups -OCH3 is 1. The number of hydrogen-bond donors (Lipinski definition) is 2. The number of fused-ring (bicyclic) bond motifs is 1. The molecule has 5 nitrogen and oxygen atoms in total. The molecule has 0 atom stereocenters. The number of ether oxygens (including phenoxy) is 1. The van der Waals surface area contributed by atoms with Crippen molar-refractivity contribution in [2.45, 2.75) is 6.42 Å². The number of aromatic nitrogens is 1. The molecule has 0 saturated carbocycles. The van der Waals surface area contributed by atoms with Gasteiger partial charge in [-0.3, -0.25) is 9.59 Å². The van der Waals surface area contributed by atoms with Crippen LogP contribution < -0.4 is 4.74 Å². The molecule has 1 aromatic heterocycles. The van der Waals surface area contributed by atoms with E-state index in [-0.39, 0.29) is 23.7 Å². The summed E-state index contributed by atoms with van der Waals surface area (Å²) in [6, 6.07) is 12.5. The molecule has 0 aliphatic rings. The summed E-state index contributed by atoms with van der Waals surface area (Å²) in [6.07, 6.45) is 7.71. The largest absolute Gasteiger partial charge is 0.504 e. The Morgan fingerprint density at radius 3 is 2.37 bits per heavy atom. The fraction of sp³-hybridized carbons (Fsp3) is 0.0909. The van der Waals surface area contributed by atoms with Crippen molar-refractivity contribution in [3.8, 4) is 11.5 Å². The first-order valence-electron chi connectivity index (χ1n) is 8.41. The summed E-state index contributed by atoms with van der Waals surface area (Å²) in [5.74, 6) is -0.211. The van der Waals surface area contributed by atoms with Crippen molar-refractivity contribution in [3.05, 3.63) is 71.9 Å². The summed E-state index contributed by atoms with van der Waals surface area (Å²) in [7, 11) is 1.45. The lowest BCUT2D eigenvalue weighted by atomic mass is 10.1. The Balaban J connectivity index is 1.59. The highest BCUT2D eigenvalue weighted by molar-refractivity contribution is 6.11. The van der Waals surface area contributed by atoms with Crippen molar-refractivity contribution in [1.29, 1.82) is 0 Å². The predicted octanol–water partition coefficient (Wildman–Crippen LogP) is 4.14. The molecular weight excluding hydrogens is 342 g/mol. The molecule has 3 aromatic rings. The highest BCUT2D eigenvalue weighted by Crippen LogP contribution is 2.26. The van der Waals surface area contributed by atoms with Crippen molar-refractivity contribution in [3.63, 3.8) is 0 Å². The first-order valence-corrected chi connectivity index (χ1v) is 8.41. The number of carbonyl (C=O) groups excluding carboxylic acids is 2. The number of carbonyl (C=O) groups is 2. The van der Waals surface area contributed by atoms with Gasteiger partial charge in [-0.15, -0.1) is 0 Å². The lowest BCUT2D eigenvalue weighted by molar-refractivity contribution is -0.121. The molecule has 0 aliphatic carbocycles. The third-order valence-electron chi connectivity index (χ3n) is 4.05. The quantitative estimate of drug-likeness (QED) is 0.490. The number of H-pyrrole nitrogens is 1.